The van der Waals surface area contributed by atoms with Crippen LogP contribution in [0.15, 0.2) is 43.0 Å². The maximum Gasteiger partial charge on any atom is 0.390 e. The molecular weight excluding hydrogens is 319 g/mol. The zero-order chi connectivity index (χ0) is 18.3. The number of anilines is 1. The van der Waals surface area contributed by atoms with Crippen molar-refractivity contribution >= 4 is 5.82 Å². The molecule has 1 rings (SSSR count). The van der Waals surface area contributed by atoms with Gasteiger partial charge in [0.15, 0.2) is 0 Å². The molecule has 0 spiro atoms. The summed E-state index contributed by atoms with van der Waals surface area (Å²) in [6.45, 7) is 9.42. The first-order valence-electron chi connectivity index (χ1n) is 7.48. The summed E-state index contributed by atoms with van der Waals surface area (Å²) in [7, 11) is 1.63. The van der Waals surface area contributed by atoms with Crippen LogP contribution in [-0.4, -0.2) is 36.2 Å². The lowest BCUT2D eigenvalue weighted by Gasteiger charge is -2.33. The average Bonchev–Trinajstić information content (AvgIpc) is 2.53. The van der Waals surface area contributed by atoms with Gasteiger partial charge in [-0.25, -0.2) is 4.98 Å². The highest BCUT2D eigenvalue weighted by molar-refractivity contribution is 5.43. The fourth-order valence-corrected chi connectivity index (χ4v) is 2.14. The summed E-state index contributed by atoms with van der Waals surface area (Å²) in [5.74, 6) is 0.963. The molecule has 0 aliphatic rings. The van der Waals surface area contributed by atoms with Crippen LogP contribution < -0.4 is 16.4 Å². The molecule has 0 bridgehead atoms. The van der Waals surface area contributed by atoms with Crippen molar-refractivity contribution in [1.29, 1.82) is 0 Å². The molecule has 0 aliphatic heterocycles. The second-order valence-corrected chi connectivity index (χ2v) is 5.34. The Kier molecular flexibility index (Phi) is 7.09. The standard InChI is InChI=1S/C16H24F3N5/c1-11(10-20)23-15-9-14(5-7-22-15)12(2)24(13(3)21-4)8-6-16(17,18)19/h5,7,9,12,21H,1,3,6,8,10,20H2,2,4H3,(H,22,23). The Morgan fingerprint density at radius 1 is 1.42 bits per heavy atom. The van der Waals surface area contributed by atoms with E-state index in [0.717, 1.165) is 5.56 Å². The third kappa shape index (κ3) is 6.11. The molecule has 0 radical (unpaired) electrons. The molecule has 0 aromatic carbocycles. The molecule has 8 heteroatoms. The number of hydrogen-bond acceptors (Lipinski definition) is 5. The van der Waals surface area contributed by atoms with E-state index in [0.29, 0.717) is 17.3 Å². The molecule has 1 atom stereocenters. The van der Waals surface area contributed by atoms with Crippen molar-refractivity contribution < 1.29 is 13.2 Å². The molecule has 134 valence electrons. The predicted molar refractivity (Wildman–Crippen MR) is 90.0 cm³/mol. The van der Waals surface area contributed by atoms with Crippen molar-refractivity contribution in [3.05, 3.63) is 48.6 Å². The van der Waals surface area contributed by atoms with Gasteiger partial charge in [-0.1, -0.05) is 13.2 Å². The van der Waals surface area contributed by atoms with Crippen molar-refractivity contribution in [2.75, 3.05) is 25.5 Å². The van der Waals surface area contributed by atoms with E-state index < -0.39 is 12.6 Å². The first-order chi connectivity index (χ1) is 11.2. The van der Waals surface area contributed by atoms with Gasteiger partial charge in [-0.2, -0.15) is 13.2 Å². The Morgan fingerprint density at radius 2 is 2.08 bits per heavy atom. The number of halogens is 3. The summed E-state index contributed by atoms with van der Waals surface area (Å²) < 4.78 is 37.7. The van der Waals surface area contributed by atoms with E-state index in [1.807, 2.05) is 6.92 Å². The normalized spacial score (nSPS) is 12.4. The number of pyridine rings is 1. The van der Waals surface area contributed by atoms with Crippen molar-refractivity contribution in [2.45, 2.75) is 25.6 Å². The number of aromatic nitrogens is 1. The lowest BCUT2D eigenvalue weighted by molar-refractivity contribution is -0.138. The summed E-state index contributed by atoms with van der Waals surface area (Å²) in [6, 6.07) is 3.20. The van der Waals surface area contributed by atoms with Crippen LogP contribution in [-0.2, 0) is 0 Å². The van der Waals surface area contributed by atoms with Gasteiger partial charge in [0, 0.05) is 32.0 Å². The molecule has 1 aromatic heterocycles. The smallest absolute Gasteiger partial charge is 0.375 e. The highest BCUT2D eigenvalue weighted by atomic mass is 19.4. The van der Waals surface area contributed by atoms with Crippen LogP contribution >= 0.6 is 0 Å². The molecule has 0 amide bonds. The van der Waals surface area contributed by atoms with E-state index in [2.05, 4.69) is 28.8 Å². The van der Waals surface area contributed by atoms with Gasteiger partial charge >= 0.3 is 6.18 Å². The summed E-state index contributed by atoms with van der Waals surface area (Å²) in [5.41, 5.74) is 6.88. The second-order valence-electron chi connectivity index (χ2n) is 5.34. The summed E-state index contributed by atoms with van der Waals surface area (Å²) in [6.07, 6.45) is -3.56. The molecule has 0 aliphatic carbocycles. The third-order valence-corrected chi connectivity index (χ3v) is 3.56. The Hall–Kier alpha value is -2.22. The highest BCUT2D eigenvalue weighted by Crippen LogP contribution is 2.27. The average molecular weight is 343 g/mol. The van der Waals surface area contributed by atoms with Gasteiger partial charge < -0.3 is 21.3 Å². The van der Waals surface area contributed by atoms with E-state index in [9.17, 15) is 13.2 Å². The number of nitrogens with two attached hydrogens (primary N) is 1. The highest BCUT2D eigenvalue weighted by Gasteiger charge is 2.29. The number of alkyl halides is 3. The number of nitrogens with one attached hydrogen (secondary N) is 2. The lowest BCUT2D eigenvalue weighted by atomic mass is 10.1. The molecule has 24 heavy (non-hydrogen) atoms. The number of nitrogens with zero attached hydrogens (tertiary/aromatic N) is 2. The molecule has 1 aromatic rings. The monoisotopic (exact) mass is 343 g/mol. The predicted octanol–water partition coefficient (Wildman–Crippen LogP) is 2.97. The van der Waals surface area contributed by atoms with Crippen LogP contribution in [0.4, 0.5) is 19.0 Å². The number of rotatable bonds is 9. The quantitative estimate of drug-likeness (QED) is 0.643. The second kappa shape index (κ2) is 8.58. The molecule has 1 heterocycles. The first kappa shape index (κ1) is 19.8. The van der Waals surface area contributed by atoms with E-state index in [1.165, 1.54) is 0 Å². The van der Waals surface area contributed by atoms with Crippen LogP contribution in [0.25, 0.3) is 0 Å². The van der Waals surface area contributed by atoms with Gasteiger partial charge in [-0.05, 0) is 24.6 Å². The molecular formula is C16H24F3N5. The Balaban J connectivity index is 2.96. The van der Waals surface area contributed by atoms with Crippen LogP contribution in [0, 0.1) is 0 Å². The molecule has 4 N–H and O–H groups in total. The van der Waals surface area contributed by atoms with Gasteiger partial charge in [0.1, 0.15) is 5.82 Å². The minimum absolute atomic E-state index is 0.190. The number of hydrogen-bond donors (Lipinski definition) is 3. The Labute approximate surface area is 140 Å². The summed E-state index contributed by atoms with van der Waals surface area (Å²) in [5, 5.41) is 5.77. The fraction of sp³-hybridized carbons (Fsp3) is 0.438. The van der Waals surface area contributed by atoms with Crippen molar-refractivity contribution in [3.8, 4) is 0 Å². The zero-order valence-electron chi connectivity index (χ0n) is 14.0. The Morgan fingerprint density at radius 3 is 2.62 bits per heavy atom. The SMILES string of the molecule is C=C(CN)Nc1cc(C(C)N(CCC(F)(F)F)C(=C)NC)ccn1. The maximum atomic E-state index is 12.6. The fourth-order valence-electron chi connectivity index (χ4n) is 2.14. The minimum Gasteiger partial charge on any atom is -0.375 e. The van der Waals surface area contributed by atoms with Gasteiger partial charge in [0.25, 0.3) is 0 Å². The Bertz CT molecular complexity index is 571. The van der Waals surface area contributed by atoms with Crippen LogP contribution in [0.5, 0.6) is 0 Å². The van der Waals surface area contributed by atoms with Crippen LogP contribution in [0.3, 0.4) is 0 Å². The van der Waals surface area contributed by atoms with Gasteiger partial charge in [-0.15, -0.1) is 0 Å². The topological polar surface area (TPSA) is 66.2 Å². The molecule has 1 unspecified atom stereocenters. The van der Waals surface area contributed by atoms with Crippen LogP contribution in [0.1, 0.15) is 24.9 Å². The van der Waals surface area contributed by atoms with E-state index in [-0.39, 0.29) is 19.1 Å². The summed E-state index contributed by atoms with van der Waals surface area (Å²) >= 11 is 0. The van der Waals surface area contributed by atoms with Crippen molar-refractivity contribution in [2.24, 2.45) is 5.73 Å². The minimum atomic E-state index is -4.23. The third-order valence-electron chi connectivity index (χ3n) is 3.56. The van der Waals surface area contributed by atoms with Gasteiger partial charge in [-0.3, -0.25) is 0 Å². The molecule has 0 saturated heterocycles. The largest absolute Gasteiger partial charge is 0.390 e. The van der Waals surface area contributed by atoms with E-state index in [1.54, 1.807) is 30.3 Å². The molecule has 0 saturated carbocycles. The van der Waals surface area contributed by atoms with E-state index in [4.69, 9.17) is 5.73 Å². The molecule has 5 nitrogen and oxygen atoms in total. The lowest BCUT2D eigenvalue weighted by Crippen LogP contribution is -2.34. The maximum absolute atomic E-state index is 12.6. The van der Waals surface area contributed by atoms with Crippen molar-refractivity contribution in [1.82, 2.24) is 15.2 Å². The first-order valence-corrected chi connectivity index (χ1v) is 7.48. The van der Waals surface area contributed by atoms with Gasteiger partial charge in [0.2, 0.25) is 0 Å². The van der Waals surface area contributed by atoms with E-state index >= 15 is 0 Å². The van der Waals surface area contributed by atoms with Crippen molar-refractivity contribution in [3.63, 3.8) is 0 Å². The zero-order valence-corrected chi connectivity index (χ0v) is 14.0. The van der Waals surface area contributed by atoms with Crippen LogP contribution in [0.2, 0.25) is 0 Å². The van der Waals surface area contributed by atoms with Gasteiger partial charge in [0.05, 0.1) is 18.3 Å². The summed E-state index contributed by atoms with van der Waals surface area (Å²) in [4.78, 5) is 5.73. The molecule has 0 fully saturated rings.